The van der Waals surface area contributed by atoms with Gasteiger partial charge in [0.1, 0.15) is 0 Å². The van der Waals surface area contributed by atoms with E-state index in [1.807, 2.05) is 24.3 Å². The minimum Gasteiger partial charge on any atom is -0.347 e. The van der Waals surface area contributed by atoms with Gasteiger partial charge in [-0.3, -0.25) is 14.4 Å². The lowest BCUT2D eigenvalue weighted by atomic mass is 9.79. The van der Waals surface area contributed by atoms with Crippen molar-refractivity contribution in [3.05, 3.63) is 41.3 Å². The third-order valence-corrected chi connectivity index (χ3v) is 8.56. The fourth-order valence-electron chi connectivity index (χ4n) is 4.21. The maximum atomic E-state index is 12.8. The van der Waals surface area contributed by atoms with Crippen LogP contribution in [0.25, 0.3) is 0 Å². The van der Waals surface area contributed by atoms with Gasteiger partial charge < -0.3 is 5.32 Å². The summed E-state index contributed by atoms with van der Waals surface area (Å²) in [5.74, 6) is 0.552. The molecule has 1 aromatic carbocycles. The van der Waals surface area contributed by atoms with E-state index in [0.717, 1.165) is 41.3 Å². The average molecular weight is 452 g/mol. The number of rotatable bonds is 6. The van der Waals surface area contributed by atoms with Crippen LogP contribution in [0.4, 0.5) is 5.69 Å². The van der Waals surface area contributed by atoms with Crippen LogP contribution < -0.4 is 10.0 Å². The molecule has 1 aromatic heterocycles. The van der Waals surface area contributed by atoms with Gasteiger partial charge in [-0.2, -0.15) is 0 Å². The summed E-state index contributed by atoms with van der Waals surface area (Å²) in [7, 11) is -3.35. The third-order valence-electron chi connectivity index (χ3n) is 5.67. The number of nitrogens with one attached hydrogen (secondary N) is 2. The van der Waals surface area contributed by atoms with Crippen LogP contribution >= 0.6 is 23.1 Å². The molecule has 3 fully saturated rings. The van der Waals surface area contributed by atoms with Crippen molar-refractivity contribution in [2.75, 3.05) is 24.1 Å². The summed E-state index contributed by atoms with van der Waals surface area (Å²) in [5.41, 5.74) is 0.542. The first-order valence-corrected chi connectivity index (χ1v) is 13.2. The van der Waals surface area contributed by atoms with Crippen LogP contribution in [-0.4, -0.2) is 50.7 Å². The fraction of sp³-hybridized carbons (Fsp3) is 0.450. The molecule has 3 aliphatic rings. The molecule has 9 heteroatoms. The van der Waals surface area contributed by atoms with Crippen LogP contribution in [-0.2, 0) is 10.0 Å². The molecule has 0 spiro atoms. The van der Waals surface area contributed by atoms with Crippen LogP contribution in [0.15, 0.2) is 45.5 Å². The molecular weight excluding hydrogens is 426 g/mol. The van der Waals surface area contributed by atoms with Gasteiger partial charge in [0.2, 0.25) is 10.0 Å². The SMILES string of the molecule is CC1C(NC(=O)c2ccc(Sc3ccccc3NS(C)(=O)=O)s2)C2CCN1CC2. The second-order valence-electron chi connectivity index (χ2n) is 7.70. The molecule has 4 heterocycles. The lowest BCUT2D eigenvalue weighted by molar-refractivity contribution is 0.0218. The topological polar surface area (TPSA) is 78.5 Å². The Morgan fingerprint density at radius 2 is 1.90 bits per heavy atom. The van der Waals surface area contributed by atoms with Crippen molar-refractivity contribution in [1.82, 2.24) is 10.2 Å². The molecule has 0 radical (unpaired) electrons. The third kappa shape index (κ3) is 4.79. The van der Waals surface area contributed by atoms with Crippen molar-refractivity contribution in [1.29, 1.82) is 0 Å². The standard InChI is InChI=1S/C20H25N3O3S3/c1-13-19(14-9-11-23(13)12-10-14)21-20(24)17-7-8-18(28-17)27-16-6-4-3-5-15(16)22-29(2,25)26/h3-8,13-14,19,22H,9-12H2,1-2H3,(H,21,24). The summed E-state index contributed by atoms with van der Waals surface area (Å²) < 4.78 is 26.7. The van der Waals surface area contributed by atoms with E-state index in [9.17, 15) is 13.2 Å². The molecule has 2 unspecified atom stereocenters. The van der Waals surface area contributed by atoms with Gasteiger partial charge in [0, 0.05) is 17.0 Å². The number of amides is 1. The highest BCUT2D eigenvalue weighted by Gasteiger charge is 2.40. The smallest absolute Gasteiger partial charge is 0.261 e. The number of hydrogen-bond acceptors (Lipinski definition) is 6. The van der Waals surface area contributed by atoms with Gasteiger partial charge in [0.05, 0.1) is 21.0 Å². The number of hydrogen-bond donors (Lipinski definition) is 2. The molecule has 2 bridgehead atoms. The fourth-order valence-corrected chi connectivity index (χ4v) is 6.93. The number of sulfonamides is 1. The van der Waals surface area contributed by atoms with Crippen molar-refractivity contribution in [3.8, 4) is 0 Å². The number of carbonyl (C=O) groups excluding carboxylic acids is 1. The van der Waals surface area contributed by atoms with Crippen LogP contribution in [0, 0.1) is 5.92 Å². The number of thiophene rings is 1. The van der Waals surface area contributed by atoms with Crippen molar-refractivity contribution < 1.29 is 13.2 Å². The van der Waals surface area contributed by atoms with Gasteiger partial charge in [0.15, 0.2) is 0 Å². The molecule has 6 nitrogen and oxygen atoms in total. The van der Waals surface area contributed by atoms with E-state index in [2.05, 4.69) is 21.9 Å². The average Bonchev–Trinajstić information content (AvgIpc) is 3.14. The second kappa shape index (κ2) is 8.29. The zero-order chi connectivity index (χ0) is 20.6. The maximum absolute atomic E-state index is 12.8. The molecule has 156 valence electrons. The van der Waals surface area contributed by atoms with Crippen molar-refractivity contribution >= 4 is 44.7 Å². The zero-order valence-corrected chi connectivity index (χ0v) is 18.9. The van der Waals surface area contributed by atoms with E-state index >= 15 is 0 Å². The second-order valence-corrected chi connectivity index (χ2v) is 11.9. The summed E-state index contributed by atoms with van der Waals surface area (Å²) in [6, 6.07) is 11.6. The van der Waals surface area contributed by atoms with Crippen LogP contribution in [0.2, 0.25) is 0 Å². The van der Waals surface area contributed by atoms with Crippen molar-refractivity contribution in [2.24, 2.45) is 5.92 Å². The van der Waals surface area contributed by atoms with Crippen molar-refractivity contribution in [3.63, 3.8) is 0 Å². The summed E-state index contributed by atoms with van der Waals surface area (Å²) in [6.45, 7) is 4.48. The quantitative estimate of drug-likeness (QED) is 0.703. The monoisotopic (exact) mass is 451 g/mol. The van der Waals surface area contributed by atoms with E-state index in [4.69, 9.17) is 0 Å². The highest BCUT2D eigenvalue weighted by atomic mass is 32.2. The van der Waals surface area contributed by atoms with Crippen molar-refractivity contribution in [2.45, 2.75) is 41.0 Å². The maximum Gasteiger partial charge on any atom is 0.261 e. The molecular formula is C20H25N3O3S3. The Bertz CT molecular complexity index is 995. The predicted octanol–water partition coefficient (Wildman–Crippen LogP) is 3.48. The lowest BCUT2D eigenvalue weighted by Gasteiger charge is -2.49. The van der Waals surface area contributed by atoms with Gasteiger partial charge in [-0.25, -0.2) is 8.42 Å². The van der Waals surface area contributed by atoms with E-state index in [1.165, 1.54) is 23.1 Å². The first-order chi connectivity index (χ1) is 13.8. The Hall–Kier alpha value is -1.55. The number of piperidine rings is 3. The first kappa shape index (κ1) is 20.7. The molecule has 0 aliphatic carbocycles. The largest absolute Gasteiger partial charge is 0.347 e. The van der Waals surface area contributed by atoms with Crippen LogP contribution in [0.3, 0.4) is 0 Å². The first-order valence-electron chi connectivity index (χ1n) is 9.69. The van der Waals surface area contributed by atoms with E-state index < -0.39 is 10.0 Å². The minimum absolute atomic E-state index is 0.0185. The Labute approximate surface area is 180 Å². The molecule has 2 N–H and O–H groups in total. The summed E-state index contributed by atoms with van der Waals surface area (Å²) in [4.78, 5) is 16.8. The Morgan fingerprint density at radius 3 is 2.59 bits per heavy atom. The normalized spacial score (nSPS) is 26.3. The van der Waals surface area contributed by atoms with E-state index in [0.29, 0.717) is 22.5 Å². The van der Waals surface area contributed by atoms with Gasteiger partial charge in [-0.1, -0.05) is 23.9 Å². The summed E-state index contributed by atoms with van der Waals surface area (Å²) in [5, 5.41) is 3.26. The Morgan fingerprint density at radius 1 is 1.17 bits per heavy atom. The minimum atomic E-state index is -3.35. The Kier molecular flexibility index (Phi) is 5.92. The zero-order valence-electron chi connectivity index (χ0n) is 16.4. The van der Waals surface area contributed by atoms with Crippen LogP contribution in [0.5, 0.6) is 0 Å². The van der Waals surface area contributed by atoms with E-state index in [-0.39, 0.29) is 11.9 Å². The number of para-hydroxylation sites is 1. The lowest BCUT2D eigenvalue weighted by Crippen LogP contribution is -2.62. The number of carbonyl (C=O) groups is 1. The van der Waals surface area contributed by atoms with Gasteiger partial charge in [-0.05, 0) is 63.0 Å². The Balaban J connectivity index is 1.45. The molecule has 1 amide bonds. The predicted molar refractivity (Wildman–Crippen MR) is 118 cm³/mol. The molecule has 3 saturated heterocycles. The molecule has 0 saturated carbocycles. The summed E-state index contributed by atoms with van der Waals surface area (Å²) >= 11 is 2.89. The summed E-state index contributed by atoms with van der Waals surface area (Å²) in [6.07, 6.45) is 3.45. The van der Waals surface area contributed by atoms with Gasteiger partial charge in [-0.15, -0.1) is 11.3 Å². The van der Waals surface area contributed by atoms with Crippen LogP contribution in [0.1, 0.15) is 29.4 Å². The number of anilines is 1. The molecule has 29 heavy (non-hydrogen) atoms. The molecule has 2 atom stereocenters. The molecule has 3 aliphatic heterocycles. The molecule has 2 aromatic rings. The highest BCUT2D eigenvalue weighted by molar-refractivity contribution is 8.01. The van der Waals surface area contributed by atoms with Gasteiger partial charge >= 0.3 is 0 Å². The molecule has 5 rings (SSSR count). The van der Waals surface area contributed by atoms with Gasteiger partial charge in [0.25, 0.3) is 5.91 Å². The number of fused-ring (bicyclic) bond motifs is 3. The van der Waals surface area contributed by atoms with E-state index in [1.54, 1.807) is 12.1 Å². The number of benzene rings is 1. The highest BCUT2D eigenvalue weighted by Crippen LogP contribution is 2.38. The number of nitrogens with zero attached hydrogens (tertiary/aromatic N) is 1.